The van der Waals surface area contributed by atoms with Crippen LogP contribution in [0, 0.1) is 13.3 Å². The van der Waals surface area contributed by atoms with E-state index in [0.29, 0.717) is 0 Å². The van der Waals surface area contributed by atoms with E-state index in [1.54, 1.807) is 6.20 Å². The third-order valence-corrected chi connectivity index (χ3v) is 0.576. The molecule has 2 nitrogen and oxygen atoms in total. The Morgan fingerprint density at radius 1 is 1.86 bits per heavy atom. The first-order chi connectivity index (χ1) is 2.89. The summed E-state index contributed by atoms with van der Waals surface area (Å²) in [5.74, 6) is 0. The molecule has 0 spiro atoms. The number of H-pyrrole nitrogens is 1. The molecule has 1 radical (unpaired) electrons. The third-order valence-electron chi connectivity index (χ3n) is 0.576. The third kappa shape index (κ3) is 1.86. The zero-order valence-corrected chi connectivity index (χ0v) is 6.62. The van der Waals surface area contributed by atoms with Gasteiger partial charge in [-0.05, 0) is 6.33 Å². The van der Waals surface area contributed by atoms with E-state index in [-0.39, 0.29) is 20.4 Å². The molecule has 0 saturated carbocycles. The summed E-state index contributed by atoms with van der Waals surface area (Å²) in [6.45, 7) is 1.93. The average molecular weight is 267 g/mol. The van der Waals surface area contributed by atoms with Crippen molar-refractivity contribution in [3.63, 3.8) is 0 Å². The zero-order valence-electron chi connectivity index (χ0n) is 3.90. The van der Waals surface area contributed by atoms with Gasteiger partial charge in [-0.2, -0.15) is 0 Å². The van der Waals surface area contributed by atoms with Gasteiger partial charge in [0.1, 0.15) is 0 Å². The Kier molecular flexibility index (Phi) is 2.90. The second-order valence-electron chi connectivity index (χ2n) is 1.18. The van der Waals surface area contributed by atoms with Crippen molar-refractivity contribution >= 4 is 0 Å². The average Bonchev–Trinajstić information content (AvgIpc) is 1.86. The minimum Gasteiger partial charge on any atom is -0.465 e. The van der Waals surface area contributed by atoms with Crippen LogP contribution in [-0.2, 0) is 20.4 Å². The molecule has 0 aliphatic carbocycles. The molecule has 1 heterocycles. The van der Waals surface area contributed by atoms with Gasteiger partial charge in [0.15, 0.2) is 0 Å². The molecule has 0 unspecified atom stereocenters. The molecule has 0 atom stereocenters. The molecule has 0 fully saturated rings. The number of imidazole rings is 1. The van der Waals surface area contributed by atoms with E-state index >= 15 is 0 Å². The molecular weight excluding hydrogens is 262 g/mol. The first-order valence-corrected chi connectivity index (χ1v) is 1.77. The number of hydrogen-bond donors (Lipinski definition) is 1. The summed E-state index contributed by atoms with van der Waals surface area (Å²) in [5.41, 5.74) is 1.05. The molecular formula is C4H5N2Re-. The fourth-order valence-electron chi connectivity index (χ4n) is 0.282. The van der Waals surface area contributed by atoms with Gasteiger partial charge in [0, 0.05) is 20.4 Å². The summed E-state index contributed by atoms with van der Waals surface area (Å²) >= 11 is 0. The molecule has 39 valence electrons. The van der Waals surface area contributed by atoms with Crippen molar-refractivity contribution in [2.45, 2.75) is 6.92 Å². The maximum absolute atomic E-state index is 3.64. The summed E-state index contributed by atoms with van der Waals surface area (Å²) in [5, 5.41) is 0. The van der Waals surface area contributed by atoms with Crippen molar-refractivity contribution in [1.82, 2.24) is 9.97 Å². The van der Waals surface area contributed by atoms with Gasteiger partial charge >= 0.3 is 0 Å². The zero-order chi connectivity index (χ0) is 4.41. The molecule has 0 saturated heterocycles. The number of nitrogens with one attached hydrogen (secondary N) is 1. The molecule has 1 aromatic rings. The topological polar surface area (TPSA) is 28.7 Å². The van der Waals surface area contributed by atoms with Crippen molar-refractivity contribution in [3.8, 4) is 0 Å². The number of aromatic amines is 1. The van der Waals surface area contributed by atoms with E-state index in [0.717, 1.165) is 5.69 Å². The van der Waals surface area contributed by atoms with Crippen LogP contribution in [0.3, 0.4) is 0 Å². The minimum absolute atomic E-state index is 0. The van der Waals surface area contributed by atoms with Crippen LogP contribution in [-0.4, -0.2) is 9.97 Å². The number of aryl methyl sites for hydroxylation is 1. The van der Waals surface area contributed by atoms with Crippen molar-refractivity contribution < 1.29 is 20.4 Å². The van der Waals surface area contributed by atoms with Crippen LogP contribution in [0.5, 0.6) is 0 Å². The van der Waals surface area contributed by atoms with Gasteiger partial charge in [-0.1, -0.05) is 6.92 Å². The van der Waals surface area contributed by atoms with Crippen LogP contribution < -0.4 is 0 Å². The summed E-state index contributed by atoms with van der Waals surface area (Å²) in [6, 6.07) is 0. The standard InChI is InChI=1S/C4H5N2.Re/c1-4-2-5-3-6-4;/h2H,1H3,(H,5,6);/q-1;. The number of aromatic nitrogens is 2. The predicted octanol–water partition coefficient (Wildman–Crippen LogP) is 0.516. The molecule has 0 aliphatic heterocycles. The van der Waals surface area contributed by atoms with Crippen LogP contribution in [0.25, 0.3) is 0 Å². The maximum atomic E-state index is 3.64. The number of rotatable bonds is 0. The summed E-state index contributed by atoms with van der Waals surface area (Å²) in [6.07, 6.45) is 4.28. The van der Waals surface area contributed by atoms with Gasteiger partial charge in [0.05, 0.1) is 0 Å². The van der Waals surface area contributed by atoms with E-state index in [1.165, 1.54) is 0 Å². The van der Waals surface area contributed by atoms with E-state index < -0.39 is 0 Å². The van der Waals surface area contributed by atoms with E-state index in [2.05, 4.69) is 16.3 Å². The first-order valence-electron chi connectivity index (χ1n) is 1.77. The minimum atomic E-state index is 0. The fourth-order valence-corrected chi connectivity index (χ4v) is 0.282. The summed E-state index contributed by atoms with van der Waals surface area (Å²) in [7, 11) is 0. The van der Waals surface area contributed by atoms with Crippen LogP contribution >= 0.6 is 0 Å². The maximum Gasteiger partial charge on any atom is 0 e. The summed E-state index contributed by atoms with van der Waals surface area (Å²) in [4.78, 5) is 6.41. The molecule has 0 aromatic carbocycles. The monoisotopic (exact) mass is 268 g/mol. The predicted molar refractivity (Wildman–Crippen MR) is 22.2 cm³/mol. The molecule has 0 aliphatic rings. The van der Waals surface area contributed by atoms with E-state index in [1.807, 2.05) is 6.92 Å². The van der Waals surface area contributed by atoms with Crippen molar-refractivity contribution in [2.24, 2.45) is 0 Å². The van der Waals surface area contributed by atoms with E-state index in [4.69, 9.17) is 0 Å². The SMILES string of the molecule is Cc1cn[c-][nH]1.[Re]. The van der Waals surface area contributed by atoms with Crippen LogP contribution in [0.2, 0.25) is 0 Å². The Hall–Kier alpha value is -0.128. The van der Waals surface area contributed by atoms with Gasteiger partial charge in [-0.25, -0.2) is 0 Å². The smallest absolute Gasteiger partial charge is 0 e. The van der Waals surface area contributed by atoms with Gasteiger partial charge in [-0.15, -0.1) is 11.9 Å². The Morgan fingerprint density at radius 3 is 2.71 bits per heavy atom. The summed E-state index contributed by atoms with van der Waals surface area (Å²) < 4.78 is 0. The Morgan fingerprint density at radius 2 is 2.57 bits per heavy atom. The molecule has 0 amide bonds. The fraction of sp³-hybridized carbons (Fsp3) is 0.250. The van der Waals surface area contributed by atoms with Gasteiger partial charge in [-0.3, -0.25) is 0 Å². The molecule has 3 heteroatoms. The van der Waals surface area contributed by atoms with Crippen molar-refractivity contribution in [1.29, 1.82) is 0 Å². The Bertz CT molecular complexity index is 113. The molecule has 0 bridgehead atoms. The normalized spacial score (nSPS) is 7.57. The molecule has 1 N–H and O–H groups in total. The second kappa shape index (κ2) is 2.95. The van der Waals surface area contributed by atoms with Crippen LogP contribution in [0.1, 0.15) is 5.69 Å². The Labute approximate surface area is 56.0 Å². The largest absolute Gasteiger partial charge is 0.465 e. The van der Waals surface area contributed by atoms with Gasteiger partial charge < -0.3 is 9.97 Å². The van der Waals surface area contributed by atoms with Gasteiger partial charge in [0.25, 0.3) is 0 Å². The molecule has 7 heavy (non-hydrogen) atoms. The molecule has 1 aromatic heterocycles. The van der Waals surface area contributed by atoms with Crippen molar-refractivity contribution in [2.75, 3.05) is 0 Å². The van der Waals surface area contributed by atoms with Crippen molar-refractivity contribution in [3.05, 3.63) is 18.2 Å². The number of nitrogens with zero attached hydrogens (tertiary/aromatic N) is 1. The van der Waals surface area contributed by atoms with Crippen LogP contribution in [0.15, 0.2) is 6.20 Å². The number of hydrogen-bond acceptors (Lipinski definition) is 1. The second-order valence-corrected chi connectivity index (χ2v) is 1.18. The van der Waals surface area contributed by atoms with Crippen LogP contribution in [0.4, 0.5) is 0 Å². The quantitative estimate of drug-likeness (QED) is 0.682. The van der Waals surface area contributed by atoms with E-state index in [9.17, 15) is 0 Å². The first kappa shape index (κ1) is 6.87. The Balaban J connectivity index is 0.000000360. The van der Waals surface area contributed by atoms with Gasteiger partial charge in [0.2, 0.25) is 0 Å². The molecule has 1 rings (SSSR count).